The minimum Gasteiger partial charge on any atom is -0.311 e. The van der Waals surface area contributed by atoms with Gasteiger partial charge in [0.2, 0.25) is 0 Å². The van der Waals surface area contributed by atoms with E-state index < -0.39 is 17.5 Å². The number of likely N-dealkylation sites (N-methyl/N-ethyl adjacent to an activating group) is 1. The summed E-state index contributed by atoms with van der Waals surface area (Å²) < 4.78 is 39.1. The lowest BCUT2D eigenvalue weighted by molar-refractivity contribution is 0.189. The summed E-state index contributed by atoms with van der Waals surface area (Å²) in [4.78, 5) is 2.03. The van der Waals surface area contributed by atoms with Crippen molar-refractivity contribution in [1.29, 1.82) is 0 Å². The van der Waals surface area contributed by atoms with E-state index in [0.717, 1.165) is 6.07 Å². The van der Waals surface area contributed by atoms with Crippen molar-refractivity contribution in [2.45, 2.75) is 25.9 Å². The third-order valence-corrected chi connectivity index (χ3v) is 3.17. The summed E-state index contributed by atoms with van der Waals surface area (Å²) in [5, 5.41) is 3.04. The van der Waals surface area contributed by atoms with Gasteiger partial charge >= 0.3 is 0 Å². The van der Waals surface area contributed by atoms with Gasteiger partial charge in [-0.25, -0.2) is 13.2 Å². The molecule has 0 aliphatic rings. The lowest BCUT2D eigenvalue weighted by Crippen LogP contribution is -2.46. The maximum absolute atomic E-state index is 13.4. The molecule has 0 bridgehead atoms. The molecule has 1 aromatic carbocycles. The summed E-state index contributed by atoms with van der Waals surface area (Å²) in [7, 11) is 3.89. The van der Waals surface area contributed by atoms with Gasteiger partial charge < -0.3 is 10.2 Å². The predicted octanol–water partition coefficient (Wildman–Crippen LogP) is 2.53. The summed E-state index contributed by atoms with van der Waals surface area (Å²) in [6.07, 6.45) is 0. The van der Waals surface area contributed by atoms with E-state index in [1.54, 1.807) is 0 Å². The lowest BCUT2D eigenvalue weighted by Gasteiger charge is -2.32. The van der Waals surface area contributed by atoms with Gasteiger partial charge in [0.1, 0.15) is 5.82 Å². The number of halogens is 3. The van der Waals surface area contributed by atoms with E-state index in [1.807, 2.05) is 32.8 Å². The third-order valence-electron chi connectivity index (χ3n) is 3.17. The summed E-state index contributed by atoms with van der Waals surface area (Å²) >= 11 is 0. The maximum Gasteiger partial charge on any atom is 0.161 e. The third kappa shape index (κ3) is 3.71. The SMILES string of the molecule is CN(C)C(C)(C)CNCc1cc(F)c(F)cc1F. The smallest absolute Gasteiger partial charge is 0.161 e. The van der Waals surface area contributed by atoms with Crippen LogP contribution in [0.5, 0.6) is 0 Å². The van der Waals surface area contributed by atoms with Crippen molar-refractivity contribution < 1.29 is 13.2 Å². The molecule has 18 heavy (non-hydrogen) atoms. The molecule has 0 saturated heterocycles. The van der Waals surface area contributed by atoms with Crippen LogP contribution >= 0.6 is 0 Å². The Labute approximate surface area is 106 Å². The van der Waals surface area contributed by atoms with Crippen LogP contribution in [0.4, 0.5) is 13.2 Å². The Morgan fingerprint density at radius 1 is 1.06 bits per heavy atom. The highest BCUT2D eigenvalue weighted by Crippen LogP contribution is 2.14. The van der Waals surface area contributed by atoms with Crippen LogP contribution in [-0.4, -0.2) is 31.1 Å². The highest BCUT2D eigenvalue weighted by atomic mass is 19.2. The van der Waals surface area contributed by atoms with Crippen LogP contribution < -0.4 is 5.32 Å². The van der Waals surface area contributed by atoms with E-state index in [0.29, 0.717) is 12.6 Å². The monoisotopic (exact) mass is 260 g/mol. The van der Waals surface area contributed by atoms with Gasteiger partial charge in [-0.3, -0.25) is 0 Å². The first-order valence-electron chi connectivity index (χ1n) is 5.75. The lowest BCUT2D eigenvalue weighted by atomic mass is 10.0. The first-order valence-corrected chi connectivity index (χ1v) is 5.75. The van der Waals surface area contributed by atoms with Crippen molar-refractivity contribution in [3.05, 3.63) is 35.1 Å². The number of hydrogen-bond acceptors (Lipinski definition) is 2. The number of nitrogens with zero attached hydrogens (tertiary/aromatic N) is 1. The van der Waals surface area contributed by atoms with Crippen LogP contribution in [0.3, 0.4) is 0 Å². The topological polar surface area (TPSA) is 15.3 Å². The Bertz CT molecular complexity index is 417. The van der Waals surface area contributed by atoms with E-state index in [2.05, 4.69) is 5.32 Å². The normalized spacial score (nSPS) is 12.2. The zero-order valence-corrected chi connectivity index (χ0v) is 11.2. The minimum absolute atomic E-state index is 0.102. The quantitative estimate of drug-likeness (QED) is 0.818. The van der Waals surface area contributed by atoms with E-state index >= 15 is 0 Å². The number of rotatable bonds is 5. The van der Waals surface area contributed by atoms with Crippen molar-refractivity contribution in [2.75, 3.05) is 20.6 Å². The van der Waals surface area contributed by atoms with Crippen LogP contribution in [-0.2, 0) is 6.54 Å². The first kappa shape index (κ1) is 15.0. The number of nitrogens with one attached hydrogen (secondary N) is 1. The van der Waals surface area contributed by atoms with E-state index in [4.69, 9.17) is 0 Å². The Morgan fingerprint density at radius 3 is 2.17 bits per heavy atom. The van der Waals surface area contributed by atoms with Crippen LogP contribution in [0, 0.1) is 17.5 Å². The van der Waals surface area contributed by atoms with Gasteiger partial charge in [-0.2, -0.15) is 0 Å². The zero-order valence-electron chi connectivity index (χ0n) is 11.2. The average Bonchev–Trinajstić information content (AvgIpc) is 2.25. The Kier molecular flexibility index (Phi) is 4.76. The highest BCUT2D eigenvalue weighted by molar-refractivity contribution is 5.19. The Hall–Kier alpha value is -1.07. The van der Waals surface area contributed by atoms with Gasteiger partial charge in [0, 0.05) is 30.3 Å². The van der Waals surface area contributed by atoms with Gasteiger partial charge in [-0.15, -0.1) is 0 Å². The average molecular weight is 260 g/mol. The molecule has 0 atom stereocenters. The molecule has 0 amide bonds. The van der Waals surface area contributed by atoms with Gasteiger partial charge in [0.15, 0.2) is 11.6 Å². The molecular formula is C13H19F3N2. The first-order chi connectivity index (χ1) is 8.24. The largest absolute Gasteiger partial charge is 0.311 e. The fourth-order valence-electron chi connectivity index (χ4n) is 1.36. The molecule has 1 N–H and O–H groups in total. The Morgan fingerprint density at radius 2 is 1.61 bits per heavy atom. The summed E-state index contributed by atoms with van der Waals surface area (Å²) in [6, 6.07) is 1.46. The summed E-state index contributed by atoms with van der Waals surface area (Å²) in [6.45, 7) is 4.84. The molecule has 0 saturated carbocycles. The second-order valence-electron chi connectivity index (χ2n) is 5.17. The molecule has 0 unspecified atom stereocenters. The van der Waals surface area contributed by atoms with E-state index in [1.165, 1.54) is 0 Å². The Balaban J connectivity index is 2.62. The molecular weight excluding hydrogens is 241 g/mol. The van der Waals surface area contributed by atoms with Crippen LogP contribution in [0.2, 0.25) is 0 Å². The zero-order chi connectivity index (χ0) is 13.9. The second kappa shape index (κ2) is 5.71. The molecule has 102 valence electrons. The molecule has 0 aromatic heterocycles. The van der Waals surface area contributed by atoms with Gasteiger partial charge in [0.25, 0.3) is 0 Å². The summed E-state index contributed by atoms with van der Waals surface area (Å²) in [5.74, 6) is -2.92. The second-order valence-corrected chi connectivity index (χ2v) is 5.17. The molecule has 5 heteroatoms. The molecule has 1 rings (SSSR count). The van der Waals surface area contributed by atoms with Gasteiger partial charge in [-0.05, 0) is 34.0 Å². The van der Waals surface area contributed by atoms with Crippen molar-refractivity contribution in [1.82, 2.24) is 10.2 Å². The van der Waals surface area contributed by atoms with Crippen molar-refractivity contribution in [3.63, 3.8) is 0 Å². The standard InChI is InChI=1S/C13H19F3N2/c1-13(2,18(3)4)8-17-7-9-5-11(15)12(16)6-10(9)14/h5-6,17H,7-8H2,1-4H3. The molecule has 0 fully saturated rings. The van der Waals surface area contributed by atoms with Crippen molar-refractivity contribution in [2.24, 2.45) is 0 Å². The van der Waals surface area contributed by atoms with Gasteiger partial charge in [-0.1, -0.05) is 0 Å². The maximum atomic E-state index is 13.4. The van der Waals surface area contributed by atoms with Gasteiger partial charge in [0.05, 0.1) is 0 Å². The van der Waals surface area contributed by atoms with Crippen molar-refractivity contribution in [3.8, 4) is 0 Å². The molecule has 0 heterocycles. The minimum atomic E-state index is -1.16. The number of hydrogen-bond donors (Lipinski definition) is 1. The predicted molar refractivity (Wildman–Crippen MR) is 65.8 cm³/mol. The van der Waals surface area contributed by atoms with Crippen LogP contribution in [0.25, 0.3) is 0 Å². The fraction of sp³-hybridized carbons (Fsp3) is 0.538. The highest BCUT2D eigenvalue weighted by Gasteiger charge is 2.19. The molecule has 0 radical (unpaired) electrons. The van der Waals surface area contributed by atoms with E-state index in [9.17, 15) is 13.2 Å². The molecule has 1 aromatic rings. The molecule has 2 nitrogen and oxygen atoms in total. The van der Waals surface area contributed by atoms with Crippen LogP contribution in [0.1, 0.15) is 19.4 Å². The van der Waals surface area contributed by atoms with Crippen LogP contribution in [0.15, 0.2) is 12.1 Å². The molecule has 0 aliphatic heterocycles. The van der Waals surface area contributed by atoms with Crippen molar-refractivity contribution >= 4 is 0 Å². The molecule has 0 aliphatic carbocycles. The molecule has 0 spiro atoms. The summed E-state index contributed by atoms with van der Waals surface area (Å²) in [5.41, 5.74) is 0.0261. The fourth-order valence-corrected chi connectivity index (χ4v) is 1.36. The number of benzene rings is 1. The van der Waals surface area contributed by atoms with E-state index in [-0.39, 0.29) is 17.6 Å².